The summed E-state index contributed by atoms with van der Waals surface area (Å²) < 4.78 is 26.6. The number of nitrogens with zero attached hydrogens (tertiary/aromatic N) is 1. The molecule has 1 rings (SSSR count). The molecule has 94 valence electrons. The van der Waals surface area contributed by atoms with Crippen LogP contribution in [0.25, 0.3) is 0 Å². The number of sulfonamides is 1. The predicted molar refractivity (Wildman–Crippen MR) is 74.9 cm³/mol. The van der Waals surface area contributed by atoms with Gasteiger partial charge in [0.2, 0.25) is 0 Å². The molecule has 7 heteroatoms. The van der Waals surface area contributed by atoms with Gasteiger partial charge in [0.1, 0.15) is 4.21 Å². The van der Waals surface area contributed by atoms with Crippen molar-refractivity contribution in [1.82, 2.24) is 4.31 Å². The molecule has 0 radical (unpaired) electrons. The van der Waals surface area contributed by atoms with Gasteiger partial charge in [-0.05, 0) is 28.4 Å². The van der Waals surface area contributed by atoms with E-state index >= 15 is 0 Å². The van der Waals surface area contributed by atoms with Crippen LogP contribution in [0.15, 0.2) is 14.1 Å². The summed E-state index contributed by atoms with van der Waals surface area (Å²) >= 11 is 10.1. The molecule has 17 heavy (non-hydrogen) atoms. The summed E-state index contributed by atoms with van der Waals surface area (Å²) in [6, 6.07) is 1.44. The molecule has 0 aliphatic heterocycles. The molecule has 1 heterocycles. The van der Waals surface area contributed by atoms with Gasteiger partial charge in [-0.2, -0.15) is 4.31 Å². The van der Waals surface area contributed by atoms with Crippen molar-refractivity contribution in [3.63, 3.8) is 0 Å². The monoisotopic (exact) mass is 355 g/mol. The molecule has 0 saturated heterocycles. The second-order valence-electron chi connectivity index (χ2n) is 3.23. The lowest BCUT2D eigenvalue weighted by molar-refractivity contribution is 0.447. The van der Waals surface area contributed by atoms with Crippen molar-refractivity contribution in [3.8, 4) is 12.3 Å². The molecule has 0 aliphatic carbocycles. The quantitative estimate of drug-likeness (QED) is 0.760. The second kappa shape index (κ2) is 6.21. The van der Waals surface area contributed by atoms with Crippen LogP contribution in [0.1, 0.15) is 13.3 Å². The maximum atomic E-state index is 12.2. The van der Waals surface area contributed by atoms with E-state index in [1.165, 1.54) is 10.4 Å². The van der Waals surface area contributed by atoms with Crippen LogP contribution in [0.5, 0.6) is 0 Å². The molecule has 0 atom stereocenters. The van der Waals surface area contributed by atoms with Crippen molar-refractivity contribution in [2.45, 2.75) is 17.6 Å². The number of terminal acetylenes is 1. The van der Waals surface area contributed by atoms with Gasteiger partial charge >= 0.3 is 0 Å². The third kappa shape index (κ3) is 3.46. The van der Waals surface area contributed by atoms with Gasteiger partial charge < -0.3 is 0 Å². The number of halogens is 2. The van der Waals surface area contributed by atoms with E-state index in [2.05, 4.69) is 21.9 Å². The summed E-state index contributed by atoms with van der Waals surface area (Å²) in [5.41, 5.74) is 0. The molecule has 3 nitrogen and oxygen atoms in total. The Morgan fingerprint density at radius 3 is 2.71 bits per heavy atom. The van der Waals surface area contributed by atoms with Crippen LogP contribution in [0, 0.1) is 12.3 Å². The first kappa shape index (κ1) is 15.0. The highest BCUT2D eigenvalue weighted by molar-refractivity contribution is 9.11. The molecule has 0 spiro atoms. The summed E-state index contributed by atoms with van der Waals surface area (Å²) in [6.45, 7) is 2.37. The van der Waals surface area contributed by atoms with Crippen molar-refractivity contribution >= 4 is 48.9 Å². The molecule has 1 aromatic heterocycles. The zero-order valence-electron chi connectivity index (χ0n) is 9.11. The molecule has 0 fully saturated rings. The highest BCUT2D eigenvalue weighted by Gasteiger charge is 2.25. The van der Waals surface area contributed by atoms with E-state index in [0.717, 1.165) is 11.3 Å². The smallest absolute Gasteiger partial charge is 0.206 e. The van der Waals surface area contributed by atoms with Gasteiger partial charge in [0.15, 0.2) is 0 Å². The van der Waals surface area contributed by atoms with Gasteiger partial charge in [-0.1, -0.05) is 24.4 Å². The third-order valence-electron chi connectivity index (χ3n) is 1.96. The zero-order chi connectivity index (χ0) is 13.1. The Kier molecular flexibility index (Phi) is 5.48. The Bertz CT molecular complexity index is 513. The molecule has 0 unspecified atom stereocenters. The minimum absolute atomic E-state index is 0.0727. The van der Waals surface area contributed by atoms with E-state index in [9.17, 15) is 8.42 Å². The van der Waals surface area contributed by atoms with Gasteiger partial charge in [0, 0.05) is 6.54 Å². The lowest BCUT2D eigenvalue weighted by atomic mass is 10.5. The molecule has 0 bridgehead atoms. The molecular formula is C10H11BrClNO2S2. The van der Waals surface area contributed by atoms with Crippen LogP contribution in [0.3, 0.4) is 0 Å². The summed E-state index contributed by atoms with van der Waals surface area (Å²) in [5.74, 6) is 2.36. The van der Waals surface area contributed by atoms with Crippen molar-refractivity contribution in [1.29, 1.82) is 0 Å². The first-order valence-electron chi connectivity index (χ1n) is 4.82. The molecule has 0 amide bonds. The Balaban J connectivity index is 3.12. The fraction of sp³-hybridized carbons (Fsp3) is 0.400. The summed E-state index contributed by atoms with van der Waals surface area (Å²) in [7, 11) is -3.53. The van der Waals surface area contributed by atoms with Gasteiger partial charge in [0.05, 0.1) is 15.4 Å². The van der Waals surface area contributed by atoms with Crippen LogP contribution in [0.4, 0.5) is 0 Å². The largest absolute Gasteiger partial charge is 0.253 e. The molecule has 0 aliphatic rings. The number of hydrogen-bond acceptors (Lipinski definition) is 3. The number of rotatable bonds is 5. The van der Waals surface area contributed by atoms with Crippen molar-refractivity contribution in [3.05, 3.63) is 14.9 Å². The maximum Gasteiger partial charge on any atom is 0.253 e. The Labute approximate surface area is 119 Å². The molecule has 0 aromatic carbocycles. The minimum Gasteiger partial charge on any atom is -0.206 e. The van der Waals surface area contributed by atoms with E-state index in [1.807, 2.05) is 6.92 Å². The van der Waals surface area contributed by atoms with Crippen LogP contribution in [0.2, 0.25) is 5.02 Å². The molecular weight excluding hydrogens is 346 g/mol. The molecule has 0 saturated carbocycles. The van der Waals surface area contributed by atoms with Gasteiger partial charge in [-0.25, -0.2) is 8.42 Å². The molecule has 1 aromatic rings. The highest BCUT2D eigenvalue weighted by Crippen LogP contribution is 2.35. The van der Waals surface area contributed by atoms with E-state index in [4.69, 9.17) is 18.0 Å². The fourth-order valence-electron chi connectivity index (χ4n) is 1.22. The second-order valence-corrected chi connectivity index (χ2v) is 8.17. The van der Waals surface area contributed by atoms with Crippen LogP contribution in [-0.2, 0) is 10.0 Å². The zero-order valence-corrected chi connectivity index (χ0v) is 13.1. The topological polar surface area (TPSA) is 37.4 Å². The minimum atomic E-state index is -3.53. The first-order valence-corrected chi connectivity index (χ1v) is 8.24. The van der Waals surface area contributed by atoms with E-state index in [-0.39, 0.29) is 10.8 Å². The highest BCUT2D eigenvalue weighted by atomic mass is 79.9. The van der Waals surface area contributed by atoms with E-state index in [1.54, 1.807) is 0 Å². The summed E-state index contributed by atoms with van der Waals surface area (Å²) in [5, 5.41) is 0.394. The SMILES string of the molecule is C#CCN(CCC)S(=O)(=O)c1cc(Cl)c(Br)s1. The summed E-state index contributed by atoms with van der Waals surface area (Å²) in [4.78, 5) is 0. The number of hydrogen-bond donors (Lipinski definition) is 0. The Hall–Kier alpha value is -0.0600. The van der Waals surface area contributed by atoms with Crippen LogP contribution >= 0.6 is 38.9 Å². The lowest BCUT2D eigenvalue weighted by Crippen LogP contribution is -2.31. The fourth-order valence-corrected chi connectivity index (χ4v) is 5.22. The van der Waals surface area contributed by atoms with Crippen LogP contribution < -0.4 is 0 Å². The predicted octanol–water partition coefficient (Wildman–Crippen LogP) is 3.20. The van der Waals surface area contributed by atoms with Gasteiger partial charge in [0.25, 0.3) is 10.0 Å². The molecule has 0 N–H and O–H groups in total. The Morgan fingerprint density at radius 2 is 2.29 bits per heavy atom. The Morgan fingerprint density at radius 1 is 1.65 bits per heavy atom. The van der Waals surface area contributed by atoms with Gasteiger partial charge in [-0.15, -0.1) is 17.8 Å². The van der Waals surface area contributed by atoms with Crippen molar-refractivity contribution in [2.24, 2.45) is 0 Å². The van der Waals surface area contributed by atoms with Crippen LogP contribution in [-0.4, -0.2) is 25.8 Å². The normalized spacial score (nSPS) is 11.7. The maximum absolute atomic E-state index is 12.2. The summed E-state index contributed by atoms with van der Waals surface area (Å²) in [6.07, 6.45) is 5.89. The standard InChI is InChI=1S/C10H11BrClNO2S2/c1-3-5-13(6-4-2)17(14,15)9-7-8(12)10(11)16-9/h1,7H,4-6H2,2H3. The number of thiophene rings is 1. The average Bonchev–Trinajstić information content (AvgIpc) is 2.59. The van der Waals surface area contributed by atoms with E-state index in [0.29, 0.717) is 21.8 Å². The van der Waals surface area contributed by atoms with Crippen molar-refractivity contribution in [2.75, 3.05) is 13.1 Å². The first-order chi connectivity index (χ1) is 7.93. The van der Waals surface area contributed by atoms with Crippen molar-refractivity contribution < 1.29 is 8.42 Å². The lowest BCUT2D eigenvalue weighted by Gasteiger charge is -2.17. The van der Waals surface area contributed by atoms with E-state index < -0.39 is 10.0 Å². The van der Waals surface area contributed by atoms with Gasteiger partial charge in [-0.3, -0.25) is 0 Å². The average molecular weight is 357 g/mol. The third-order valence-corrected chi connectivity index (χ3v) is 6.73.